The molecular weight excluding hydrogens is 282 g/mol. The predicted octanol–water partition coefficient (Wildman–Crippen LogP) is 2.03. The first-order chi connectivity index (χ1) is 10.6. The van der Waals surface area contributed by atoms with Crippen LogP contribution in [0.3, 0.4) is 0 Å². The van der Waals surface area contributed by atoms with Gasteiger partial charge in [0.15, 0.2) is 0 Å². The van der Waals surface area contributed by atoms with E-state index in [-0.39, 0.29) is 5.92 Å². The van der Waals surface area contributed by atoms with Crippen molar-refractivity contribution in [2.75, 3.05) is 0 Å². The monoisotopic (exact) mass is 297 g/mol. The van der Waals surface area contributed by atoms with Crippen LogP contribution >= 0.6 is 0 Å². The SMILES string of the molecule is O=C(ON1C(=O)c2ccccc2C1=O)C1CC2CC1C1CC21. The third kappa shape index (κ3) is 1.46. The molecule has 5 nitrogen and oxygen atoms in total. The minimum atomic E-state index is -0.540. The average molecular weight is 297 g/mol. The van der Waals surface area contributed by atoms with Crippen LogP contribution < -0.4 is 0 Å². The molecule has 1 heterocycles. The number of amides is 2. The van der Waals surface area contributed by atoms with Gasteiger partial charge in [0.2, 0.25) is 0 Å². The van der Waals surface area contributed by atoms with E-state index in [0.717, 1.165) is 18.8 Å². The van der Waals surface area contributed by atoms with Crippen LogP contribution in [0.2, 0.25) is 0 Å². The lowest BCUT2D eigenvalue weighted by Gasteiger charge is -2.21. The summed E-state index contributed by atoms with van der Waals surface area (Å²) in [5.74, 6) is 0.924. The van der Waals surface area contributed by atoms with Gasteiger partial charge in [-0.2, -0.15) is 0 Å². The van der Waals surface area contributed by atoms with Gasteiger partial charge in [-0.05, 0) is 55.1 Å². The maximum atomic E-state index is 12.4. The zero-order chi connectivity index (χ0) is 15.0. The third-order valence-electron chi connectivity index (χ3n) is 5.94. The van der Waals surface area contributed by atoms with E-state index in [4.69, 9.17) is 4.84 Å². The van der Waals surface area contributed by atoms with Gasteiger partial charge < -0.3 is 4.84 Å². The van der Waals surface area contributed by atoms with E-state index in [1.54, 1.807) is 24.3 Å². The Morgan fingerprint density at radius 2 is 1.64 bits per heavy atom. The van der Waals surface area contributed by atoms with Gasteiger partial charge in [-0.3, -0.25) is 9.59 Å². The van der Waals surface area contributed by atoms with Crippen molar-refractivity contribution in [1.82, 2.24) is 5.06 Å². The Morgan fingerprint density at radius 1 is 0.955 bits per heavy atom. The van der Waals surface area contributed by atoms with E-state index in [0.29, 0.717) is 33.9 Å². The van der Waals surface area contributed by atoms with Gasteiger partial charge in [-0.25, -0.2) is 4.79 Å². The summed E-state index contributed by atoms with van der Waals surface area (Å²) in [4.78, 5) is 42.1. The first-order valence-corrected chi connectivity index (χ1v) is 7.85. The molecule has 0 saturated heterocycles. The fraction of sp³-hybridized carbons (Fsp3) is 0.471. The Labute approximate surface area is 127 Å². The highest BCUT2D eigenvalue weighted by atomic mass is 16.7. The lowest BCUT2D eigenvalue weighted by Crippen LogP contribution is -2.36. The van der Waals surface area contributed by atoms with Crippen LogP contribution in [0.25, 0.3) is 0 Å². The second kappa shape index (κ2) is 3.97. The number of carbonyl (C=O) groups is 3. The normalized spacial score (nSPS) is 37.3. The summed E-state index contributed by atoms with van der Waals surface area (Å²) in [7, 11) is 0. The second-order valence-corrected chi connectivity index (χ2v) is 6.93. The topological polar surface area (TPSA) is 63.7 Å². The van der Waals surface area contributed by atoms with Gasteiger partial charge in [0.1, 0.15) is 0 Å². The largest absolute Gasteiger partial charge is 0.336 e. The summed E-state index contributed by atoms with van der Waals surface area (Å²) < 4.78 is 0. The number of hydrogen-bond donors (Lipinski definition) is 0. The van der Waals surface area contributed by atoms with E-state index in [9.17, 15) is 14.4 Å². The summed E-state index contributed by atoms with van der Waals surface area (Å²) in [6.45, 7) is 0. The van der Waals surface area contributed by atoms with Gasteiger partial charge in [-0.1, -0.05) is 17.2 Å². The highest BCUT2D eigenvalue weighted by molar-refractivity contribution is 6.20. The molecule has 0 radical (unpaired) electrons. The fourth-order valence-corrected chi connectivity index (χ4v) is 4.88. The molecule has 5 heteroatoms. The zero-order valence-electron chi connectivity index (χ0n) is 11.9. The number of nitrogens with zero attached hydrogens (tertiary/aromatic N) is 1. The Bertz CT molecular complexity index is 692. The Kier molecular flexibility index (Phi) is 2.23. The Hall–Kier alpha value is -2.17. The molecule has 22 heavy (non-hydrogen) atoms. The van der Waals surface area contributed by atoms with Gasteiger partial charge in [-0.15, -0.1) is 0 Å². The summed E-state index contributed by atoms with van der Waals surface area (Å²) in [6.07, 6.45) is 3.21. The van der Waals surface area contributed by atoms with Crippen molar-refractivity contribution in [2.24, 2.45) is 29.6 Å². The van der Waals surface area contributed by atoms with Gasteiger partial charge in [0.05, 0.1) is 17.0 Å². The number of imide groups is 1. The minimum absolute atomic E-state index is 0.141. The summed E-state index contributed by atoms with van der Waals surface area (Å²) in [5, 5.41) is 0.642. The highest BCUT2D eigenvalue weighted by Gasteiger charge is 2.63. The number of hydrogen-bond acceptors (Lipinski definition) is 4. The zero-order valence-corrected chi connectivity index (χ0v) is 11.9. The highest BCUT2D eigenvalue weighted by Crippen LogP contribution is 2.67. The van der Waals surface area contributed by atoms with E-state index >= 15 is 0 Å². The van der Waals surface area contributed by atoms with Crippen LogP contribution in [0.1, 0.15) is 40.0 Å². The maximum Gasteiger partial charge on any atom is 0.336 e. The molecule has 1 aromatic rings. The quantitative estimate of drug-likeness (QED) is 0.784. The van der Waals surface area contributed by atoms with Crippen molar-refractivity contribution in [2.45, 2.75) is 19.3 Å². The summed E-state index contributed by atoms with van der Waals surface area (Å²) in [5.41, 5.74) is 0.603. The number of rotatable bonds is 2. The van der Waals surface area contributed by atoms with E-state index in [1.807, 2.05) is 0 Å². The van der Waals surface area contributed by atoms with Crippen molar-refractivity contribution in [3.05, 3.63) is 35.4 Å². The molecule has 0 aromatic heterocycles. The second-order valence-electron chi connectivity index (χ2n) is 6.93. The number of fused-ring (bicyclic) bond motifs is 6. The van der Waals surface area contributed by atoms with E-state index in [2.05, 4.69) is 0 Å². The molecule has 3 aliphatic carbocycles. The van der Waals surface area contributed by atoms with Crippen LogP contribution in [0.5, 0.6) is 0 Å². The van der Waals surface area contributed by atoms with Crippen LogP contribution in [-0.2, 0) is 9.63 Å². The fourth-order valence-electron chi connectivity index (χ4n) is 4.88. The van der Waals surface area contributed by atoms with Crippen LogP contribution in [0.4, 0.5) is 0 Å². The first-order valence-electron chi connectivity index (χ1n) is 7.85. The molecule has 1 aliphatic heterocycles. The van der Waals surface area contributed by atoms with Crippen molar-refractivity contribution in [3.8, 4) is 0 Å². The molecule has 2 amide bonds. The van der Waals surface area contributed by atoms with Gasteiger partial charge >= 0.3 is 5.97 Å². The van der Waals surface area contributed by atoms with Crippen molar-refractivity contribution in [3.63, 3.8) is 0 Å². The van der Waals surface area contributed by atoms with Crippen molar-refractivity contribution in [1.29, 1.82) is 0 Å². The van der Waals surface area contributed by atoms with Crippen LogP contribution in [0.15, 0.2) is 24.3 Å². The number of hydroxylamine groups is 2. The molecule has 112 valence electrons. The minimum Gasteiger partial charge on any atom is -0.329 e. The Morgan fingerprint density at radius 3 is 2.23 bits per heavy atom. The van der Waals surface area contributed by atoms with Crippen molar-refractivity contribution < 1.29 is 19.2 Å². The molecule has 0 spiro atoms. The number of benzene rings is 1. The summed E-state index contributed by atoms with van der Waals surface area (Å²) in [6, 6.07) is 6.54. The van der Waals surface area contributed by atoms with Gasteiger partial charge in [0, 0.05) is 0 Å². The maximum absolute atomic E-state index is 12.4. The lowest BCUT2D eigenvalue weighted by atomic mass is 9.89. The Balaban J connectivity index is 1.36. The molecule has 5 atom stereocenters. The molecule has 5 unspecified atom stereocenters. The summed E-state index contributed by atoms with van der Waals surface area (Å²) >= 11 is 0. The van der Waals surface area contributed by atoms with E-state index in [1.165, 1.54) is 6.42 Å². The van der Waals surface area contributed by atoms with Gasteiger partial charge in [0.25, 0.3) is 11.8 Å². The molecule has 0 N–H and O–H groups in total. The average Bonchev–Trinajstić information content (AvgIpc) is 3.06. The van der Waals surface area contributed by atoms with Crippen LogP contribution in [-0.4, -0.2) is 22.8 Å². The third-order valence-corrected chi connectivity index (χ3v) is 5.94. The lowest BCUT2D eigenvalue weighted by molar-refractivity contribution is -0.175. The molecule has 1 aromatic carbocycles. The van der Waals surface area contributed by atoms with E-state index < -0.39 is 17.8 Å². The standard InChI is InChI=1S/C17H15NO4/c19-15-9-3-1-2-4-10(9)16(20)18(15)22-17(21)14-6-8-5-12(14)13-7-11(8)13/h1-4,8,11-14H,5-7H2. The molecule has 3 saturated carbocycles. The smallest absolute Gasteiger partial charge is 0.329 e. The first kappa shape index (κ1) is 12.4. The molecule has 4 aliphatic rings. The van der Waals surface area contributed by atoms with Crippen molar-refractivity contribution >= 4 is 17.8 Å². The molecule has 5 rings (SSSR count). The molecule has 3 fully saturated rings. The predicted molar refractivity (Wildman–Crippen MR) is 74.3 cm³/mol. The molecule has 2 bridgehead atoms. The molecular formula is C17H15NO4. The van der Waals surface area contributed by atoms with Crippen LogP contribution in [0, 0.1) is 29.6 Å². The number of carbonyl (C=O) groups excluding carboxylic acids is 3.